The molecule has 0 amide bonds. The first-order valence-electron chi connectivity index (χ1n) is 5.06. The number of hydrogen-bond acceptors (Lipinski definition) is 6. The Labute approximate surface area is 106 Å². The zero-order valence-electron chi connectivity index (χ0n) is 9.21. The van der Waals surface area contributed by atoms with Gasteiger partial charge in [-0.3, -0.25) is 4.79 Å². The minimum Gasteiger partial charge on any atom is -0.478 e. The largest absolute Gasteiger partial charge is 0.478 e. The molecule has 0 saturated carbocycles. The lowest BCUT2D eigenvalue weighted by Crippen LogP contribution is -2.17. The molecule has 0 aliphatic rings. The van der Waals surface area contributed by atoms with Gasteiger partial charge in [0.05, 0.1) is 5.69 Å². The van der Waals surface area contributed by atoms with Crippen LogP contribution in [0.25, 0.3) is 0 Å². The molecule has 3 N–H and O–H groups in total. The third kappa shape index (κ3) is 2.99. The molecule has 0 fully saturated rings. The van der Waals surface area contributed by atoms with Crippen LogP contribution in [0.5, 0.6) is 0 Å². The molecule has 2 aromatic rings. The van der Waals surface area contributed by atoms with Gasteiger partial charge in [-0.15, -0.1) is 0 Å². The van der Waals surface area contributed by atoms with Gasteiger partial charge in [0.15, 0.2) is 0 Å². The smallest absolute Gasteiger partial charge is 0.339 e. The number of nitrogens with one attached hydrogen (secondary N) is 2. The van der Waals surface area contributed by atoms with Crippen molar-refractivity contribution in [3.63, 3.8) is 0 Å². The maximum Gasteiger partial charge on any atom is 0.339 e. The number of aromatic amines is 1. The molecule has 2 heterocycles. The molecule has 7 nitrogen and oxygen atoms in total. The summed E-state index contributed by atoms with van der Waals surface area (Å²) in [6.07, 6.45) is 2.56. The Balaban J connectivity index is 1.98. The maximum atomic E-state index is 10.9. The molecule has 0 aliphatic carbocycles. The molecule has 94 valence electrons. The van der Waals surface area contributed by atoms with Crippen LogP contribution in [0.3, 0.4) is 0 Å². The number of rotatable bonds is 5. The molecule has 0 aliphatic heterocycles. The van der Waals surface area contributed by atoms with E-state index < -0.39 is 5.97 Å². The first-order valence-corrected chi connectivity index (χ1v) is 5.94. The summed E-state index contributed by atoms with van der Waals surface area (Å²) in [5.74, 6) is -1.06. The fourth-order valence-corrected chi connectivity index (χ4v) is 1.97. The highest BCUT2D eigenvalue weighted by atomic mass is 32.1. The van der Waals surface area contributed by atoms with Crippen LogP contribution >= 0.6 is 11.3 Å². The monoisotopic (exact) mass is 266 g/mol. The Kier molecular flexibility index (Phi) is 3.80. The van der Waals surface area contributed by atoms with Gasteiger partial charge in [-0.2, -0.15) is 0 Å². The van der Waals surface area contributed by atoms with Gasteiger partial charge in [0.1, 0.15) is 11.9 Å². The van der Waals surface area contributed by atoms with Gasteiger partial charge >= 0.3 is 10.8 Å². The fraction of sp³-hybridized carbons (Fsp3) is 0.200. The van der Waals surface area contributed by atoms with E-state index in [2.05, 4.69) is 20.3 Å². The molecule has 0 saturated heterocycles. The molecule has 0 radical (unpaired) electrons. The summed E-state index contributed by atoms with van der Waals surface area (Å²) in [6.45, 7) is 0.740. The van der Waals surface area contributed by atoms with E-state index in [4.69, 9.17) is 5.11 Å². The van der Waals surface area contributed by atoms with Crippen molar-refractivity contribution >= 4 is 17.3 Å². The summed E-state index contributed by atoms with van der Waals surface area (Å²) in [5, 5.41) is 13.7. The third-order valence-corrected chi connectivity index (χ3v) is 2.92. The Morgan fingerprint density at radius 3 is 3.00 bits per heavy atom. The van der Waals surface area contributed by atoms with Gasteiger partial charge < -0.3 is 15.4 Å². The number of carboxylic acid groups (broad SMARTS) is 1. The molecule has 2 aromatic heterocycles. The molecule has 0 atom stereocenters. The second kappa shape index (κ2) is 5.52. The zero-order chi connectivity index (χ0) is 13.0. The van der Waals surface area contributed by atoms with E-state index >= 15 is 0 Å². The van der Waals surface area contributed by atoms with Gasteiger partial charge in [0.25, 0.3) is 0 Å². The number of aromatic nitrogens is 3. The third-order valence-electron chi connectivity index (χ3n) is 2.20. The Morgan fingerprint density at radius 1 is 1.50 bits per heavy atom. The normalized spacial score (nSPS) is 10.4. The molecule has 0 spiro atoms. The standard InChI is InChI=1S/C10H10N4O3S/c15-9(16)7-2-12-5-13-8(7)3-11-1-6-4-18-10(17)14-6/h2,4-5,11H,1,3H2,(H,14,17)(H,15,16). The highest BCUT2D eigenvalue weighted by molar-refractivity contribution is 7.07. The molecule has 18 heavy (non-hydrogen) atoms. The maximum absolute atomic E-state index is 10.9. The van der Waals surface area contributed by atoms with Gasteiger partial charge in [-0.05, 0) is 0 Å². The summed E-state index contributed by atoms with van der Waals surface area (Å²) in [6, 6.07) is 0. The van der Waals surface area contributed by atoms with Crippen LogP contribution in [0.4, 0.5) is 0 Å². The zero-order valence-corrected chi connectivity index (χ0v) is 10.0. The summed E-state index contributed by atoms with van der Waals surface area (Å²) < 4.78 is 0. The van der Waals surface area contributed by atoms with Crippen LogP contribution in [-0.2, 0) is 13.1 Å². The second-order valence-corrected chi connectivity index (χ2v) is 4.31. The predicted molar refractivity (Wildman–Crippen MR) is 64.5 cm³/mol. The number of hydrogen-bond donors (Lipinski definition) is 3. The SMILES string of the molecule is O=C(O)c1cncnc1CNCc1csc(=O)[nH]1. The van der Waals surface area contributed by atoms with Crippen LogP contribution in [-0.4, -0.2) is 26.0 Å². The van der Waals surface area contributed by atoms with E-state index in [0.717, 1.165) is 17.0 Å². The summed E-state index contributed by atoms with van der Waals surface area (Å²) in [4.78, 5) is 31.9. The highest BCUT2D eigenvalue weighted by Crippen LogP contribution is 2.03. The van der Waals surface area contributed by atoms with E-state index in [1.807, 2.05) is 0 Å². The fourth-order valence-electron chi connectivity index (χ4n) is 1.39. The quantitative estimate of drug-likeness (QED) is 0.714. The van der Waals surface area contributed by atoms with Crippen molar-refractivity contribution in [2.75, 3.05) is 0 Å². The predicted octanol–water partition coefficient (Wildman–Crippen LogP) is 0.214. The lowest BCUT2D eigenvalue weighted by atomic mass is 10.2. The topological polar surface area (TPSA) is 108 Å². The van der Waals surface area contributed by atoms with E-state index in [0.29, 0.717) is 18.8 Å². The molecule has 8 heteroatoms. The van der Waals surface area contributed by atoms with Crippen molar-refractivity contribution in [2.24, 2.45) is 0 Å². The molecule has 0 unspecified atom stereocenters. The van der Waals surface area contributed by atoms with Crippen molar-refractivity contribution in [3.05, 3.63) is 44.5 Å². The number of H-pyrrole nitrogens is 1. The number of aromatic carboxylic acids is 1. The number of nitrogens with zero attached hydrogens (tertiary/aromatic N) is 2. The second-order valence-electron chi connectivity index (χ2n) is 3.47. The number of carbonyl (C=O) groups is 1. The van der Waals surface area contributed by atoms with E-state index in [1.54, 1.807) is 5.38 Å². The Hall–Kier alpha value is -2.06. The first kappa shape index (κ1) is 12.4. The summed E-state index contributed by atoms with van der Waals surface area (Å²) in [7, 11) is 0. The van der Waals surface area contributed by atoms with Crippen molar-refractivity contribution in [1.82, 2.24) is 20.3 Å². The lowest BCUT2D eigenvalue weighted by molar-refractivity contribution is 0.0694. The Morgan fingerprint density at radius 2 is 2.33 bits per heavy atom. The van der Waals surface area contributed by atoms with Crippen LogP contribution in [0, 0.1) is 0 Å². The van der Waals surface area contributed by atoms with Crippen LogP contribution < -0.4 is 10.2 Å². The minimum atomic E-state index is -1.06. The average Bonchev–Trinajstić information content (AvgIpc) is 2.75. The van der Waals surface area contributed by atoms with Crippen molar-refractivity contribution < 1.29 is 9.90 Å². The van der Waals surface area contributed by atoms with Crippen LogP contribution in [0.1, 0.15) is 21.7 Å². The molecule has 2 rings (SSSR count). The number of thiazole rings is 1. The average molecular weight is 266 g/mol. The molecule has 0 aromatic carbocycles. The van der Waals surface area contributed by atoms with Gasteiger partial charge in [-0.25, -0.2) is 14.8 Å². The van der Waals surface area contributed by atoms with E-state index in [1.165, 1.54) is 12.5 Å². The van der Waals surface area contributed by atoms with Gasteiger partial charge in [0.2, 0.25) is 0 Å². The van der Waals surface area contributed by atoms with Crippen LogP contribution in [0.15, 0.2) is 22.7 Å². The molecule has 0 bridgehead atoms. The van der Waals surface area contributed by atoms with Crippen molar-refractivity contribution in [1.29, 1.82) is 0 Å². The molecular weight excluding hydrogens is 256 g/mol. The summed E-state index contributed by atoms with van der Waals surface area (Å²) in [5.41, 5.74) is 1.25. The summed E-state index contributed by atoms with van der Waals surface area (Å²) >= 11 is 1.09. The highest BCUT2D eigenvalue weighted by Gasteiger charge is 2.10. The van der Waals surface area contributed by atoms with E-state index in [9.17, 15) is 9.59 Å². The van der Waals surface area contributed by atoms with E-state index in [-0.39, 0.29) is 10.4 Å². The van der Waals surface area contributed by atoms with Crippen molar-refractivity contribution in [2.45, 2.75) is 13.1 Å². The lowest BCUT2D eigenvalue weighted by Gasteiger charge is -2.05. The first-order chi connectivity index (χ1) is 8.66. The molecular formula is C10H10N4O3S. The van der Waals surface area contributed by atoms with Crippen molar-refractivity contribution in [3.8, 4) is 0 Å². The van der Waals surface area contributed by atoms with Crippen LogP contribution in [0.2, 0.25) is 0 Å². The van der Waals surface area contributed by atoms with Gasteiger partial charge in [0, 0.05) is 30.4 Å². The minimum absolute atomic E-state index is 0.0730. The Bertz CT molecular complexity index is 607. The van der Waals surface area contributed by atoms with Gasteiger partial charge in [-0.1, -0.05) is 11.3 Å². The number of carboxylic acids is 1.